The van der Waals surface area contributed by atoms with Gasteiger partial charge in [0.2, 0.25) is 0 Å². The molecule has 0 saturated heterocycles. The van der Waals surface area contributed by atoms with Crippen LogP contribution >= 0.6 is 0 Å². The third kappa shape index (κ3) is 1.67. The van der Waals surface area contributed by atoms with Crippen LogP contribution in [-0.2, 0) is 11.8 Å². The van der Waals surface area contributed by atoms with Crippen molar-refractivity contribution in [2.45, 2.75) is 38.2 Å². The molecule has 0 fully saturated rings. The molecule has 0 radical (unpaired) electrons. The van der Waals surface area contributed by atoms with Crippen LogP contribution in [0.15, 0.2) is 30.4 Å². The lowest BCUT2D eigenvalue weighted by atomic mass is 9.65. The summed E-state index contributed by atoms with van der Waals surface area (Å²) in [6, 6.07) is 6.04. The first kappa shape index (κ1) is 12.2. The molecule has 0 amide bonds. The van der Waals surface area contributed by atoms with E-state index in [9.17, 15) is 5.11 Å². The second kappa shape index (κ2) is 4.19. The van der Waals surface area contributed by atoms with Gasteiger partial charge in [-0.25, -0.2) is 0 Å². The van der Waals surface area contributed by atoms with Crippen LogP contribution in [0.1, 0.15) is 31.4 Å². The summed E-state index contributed by atoms with van der Waals surface area (Å²) < 4.78 is 5.41. The predicted molar refractivity (Wildman–Crippen MR) is 69.5 cm³/mol. The summed E-state index contributed by atoms with van der Waals surface area (Å²) in [5.74, 6) is 0.918. The Morgan fingerprint density at radius 2 is 2.12 bits per heavy atom. The molecular formula is C15H20O2. The third-order valence-electron chi connectivity index (χ3n) is 4.16. The predicted octanol–water partition coefficient (Wildman–Crippen LogP) is 2.84. The Labute approximate surface area is 103 Å². The molecule has 0 aliphatic heterocycles. The summed E-state index contributed by atoms with van der Waals surface area (Å²) in [5, 5.41) is 10.1. The molecule has 1 aliphatic rings. The number of aliphatic hydroxyl groups excluding tert-OH is 1. The van der Waals surface area contributed by atoms with E-state index in [1.54, 1.807) is 7.11 Å². The van der Waals surface area contributed by atoms with Gasteiger partial charge in [0.15, 0.2) is 0 Å². The number of methoxy groups -OCH3 is 1. The highest BCUT2D eigenvalue weighted by Crippen LogP contribution is 2.45. The second-order valence-electron chi connectivity index (χ2n) is 4.97. The van der Waals surface area contributed by atoms with Crippen LogP contribution < -0.4 is 4.74 Å². The maximum atomic E-state index is 10.1. The summed E-state index contributed by atoms with van der Waals surface area (Å²) >= 11 is 0. The maximum Gasteiger partial charge on any atom is 0.122 e. The SMILES string of the molecule is C=C1CCc2c(OC)cccc2C1(C)C(C)O. The van der Waals surface area contributed by atoms with Gasteiger partial charge in [0, 0.05) is 5.41 Å². The highest BCUT2D eigenvalue weighted by molar-refractivity contribution is 5.51. The van der Waals surface area contributed by atoms with Gasteiger partial charge in [-0.2, -0.15) is 0 Å². The van der Waals surface area contributed by atoms with Gasteiger partial charge in [0.25, 0.3) is 0 Å². The minimum atomic E-state index is -0.443. The van der Waals surface area contributed by atoms with Crippen molar-refractivity contribution in [3.05, 3.63) is 41.5 Å². The largest absolute Gasteiger partial charge is 0.496 e. The van der Waals surface area contributed by atoms with Crippen molar-refractivity contribution < 1.29 is 9.84 Å². The fourth-order valence-corrected chi connectivity index (χ4v) is 2.75. The molecule has 17 heavy (non-hydrogen) atoms. The van der Waals surface area contributed by atoms with Crippen LogP contribution in [0.25, 0.3) is 0 Å². The zero-order chi connectivity index (χ0) is 12.6. The highest BCUT2D eigenvalue weighted by atomic mass is 16.5. The van der Waals surface area contributed by atoms with Crippen LogP contribution in [0.5, 0.6) is 5.75 Å². The monoisotopic (exact) mass is 232 g/mol. The second-order valence-corrected chi connectivity index (χ2v) is 4.97. The molecule has 1 aromatic rings. The van der Waals surface area contributed by atoms with E-state index < -0.39 is 6.10 Å². The van der Waals surface area contributed by atoms with Gasteiger partial charge in [0.1, 0.15) is 5.75 Å². The Bertz CT molecular complexity index is 448. The van der Waals surface area contributed by atoms with Crippen LogP contribution in [0.3, 0.4) is 0 Å². The fourth-order valence-electron chi connectivity index (χ4n) is 2.75. The minimum absolute atomic E-state index is 0.359. The van der Waals surface area contributed by atoms with Gasteiger partial charge in [-0.15, -0.1) is 0 Å². The van der Waals surface area contributed by atoms with Crippen molar-refractivity contribution in [3.8, 4) is 5.75 Å². The van der Waals surface area contributed by atoms with E-state index in [0.717, 1.165) is 29.7 Å². The number of rotatable bonds is 2. The molecule has 2 atom stereocenters. The van der Waals surface area contributed by atoms with Gasteiger partial charge in [-0.1, -0.05) is 24.3 Å². The molecule has 0 heterocycles. The Hall–Kier alpha value is -1.28. The average Bonchev–Trinajstić information content (AvgIpc) is 2.33. The average molecular weight is 232 g/mol. The lowest BCUT2D eigenvalue weighted by molar-refractivity contribution is 0.122. The van der Waals surface area contributed by atoms with E-state index in [-0.39, 0.29) is 5.41 Å². The van der Waals surface area contributed by atoms with Crippen molar-refractivity contribution in [3.63, 3.8) is 0 Å². The summed E-state index contributed by atoms with van der Waals surface area (Å²) in [6.45, 7) is 8.04. The Morgan fingerprint density at radius 3 is 2.71 bits per heavy atom. The van der Waals surface area contributed by atoms with Crippen molar-refractivity contribution in [2.24, 2.45) is 0 Å². The normalized spacial score (nSPS) is 25.3. The molecule has 0 saturated carbocycles. The highest BCUT2D eigenvalue weighted by Gasteiger charge is 2.40. The Balaban J connectivity index is 2.64. The van der Waals surface area contributed by atoms with E-state index in [0.29, 0.717) is 0 Å². The van der Waals surface area contributed by atoms with Crippen molar-refractivity contribution in [2.75, 3.05) is 7.11 Å². The first-order chi connectivity index (χ1) is 8.01. The van der Waals surface area contributed by atoms with Crippen LogP contribution in [0, 0.1) is 0 Å². The Kier molecular flexibility index (Phi) is 3.00. The maximum absolute atomic E-state index is 10.1. The molecule has 0 aromatic heterocycles. The third-order valence-corrected chi connectivity index (χ3v) is 4.16. The lowest BCUT2D eigenvalue weighted by Gasteiger charge is -2.40. The molecule has 1 aliphatic carbocycles. The number of fused-ring (bicyclic) bond motifs is 1. The van der Waals surface area contributed by atoms with Crippen molar-refractivity contribution >= 4 is 0 Å². The van der Waals surface area contributed by atoms with E-state index in [4.69, 9.17) is 4.74 Å². The fraction of sp³-hybridized carbons (Fsp3) is 0.467. The molecule has 2 heteroatoms. The minimum Gasteiger partial charge on any atom is -0.496 e. The first-order valence-corrected chi connectivity index (χ1v) is 6.04. The molecule has 2 unspecified atom stereocenters. The van der Waals surface area contributed by atoms with Crippen LogP contribution in [0.2, 0.25) is 0 Å². The lowest BCUT2D eigenvalue weighted by Crippen LogP contribution is -2.39. The van der Waals surface area contributed by atoms with E-state index in [1.165, 1.54) is 5.56 Å². The molecule has 2 nitrogen and oxygen atoms in total. The summed E-state index contributed by atoms with van der Waals surface area (Å²) in [5.41, 5.74) is 3.12. The summed E-state index contributed by atoms with van der Waals surface area (Å²) in [6.07, 6.45) is 1.41. The zero-order valence-electron chi connectivity index (χ0n) is 10.8. The standard InChI is InChI=1S/C15H20O2/c1-10-8-9-12-13(15(10,3)11(2)16)6-5-7-14(12)17-4/h5-7,11,16H,1,8-9H2,2-4H3. The number of hydrogen-bond acceptors (Lipinski definition) is 2. The van der Waals surface area contributed by atoms with Gasteiger partial charge in [-0.05, 0) is 43.9 Å². The number of aliphatic hydroxyl groups is 1. The molecule has 1 N–H and O–H groups in total. The molecular weight excluding hydrogens is 212 g/mol. The smallest absolute Gasteiger partial charge is 0.122 e. The van der Waals surface area contributed by atoms with E-state index in [2.05, 4.69) is 19.6 Å². The number of benzene rings is 1. The number of ether oxygens (including phenoxy) is 1. The topological polar surface area (TPSA) is 29.5 Å². The van der Waals surface area contributed by atoms with Crippen molar-refractivity contribution in [1.29, 1.82) is 0 Å². The van der Waals surface area contributed by atoms with Crippen molar-refractivity contribution in [1.82, 2.24) is 0 Å². The zero-order valence-corrected chi connectivity index (χ0v) is 10.8. The van der Waals surface area contributed by atoms with Gasteiger partial charge in [0.05, 0.1) is 13.2 Å². The van der Waals surface area contributed by atoms with Crippen LogP contribution in [-0.4, -0.2) is 18.3 Å². The van der Waals surface area contributed by atoms with Gasteiger partial charge < -0.3 is 9.84 Å². The summed E-state index contributed by atoms with van der Waals surface area (Å²) in [4.78, 5) is 0. The van der Waals surface area contributed by atoms with E-state index in [1.807, 2.05) is 19.1 Å². The molecule has 0 bridgehead atoms. The summed E-state index contributed by atoms with van der Waals surface area (Å²) in [7, 11) is 1.69. The van der Waals surface area contributed by atoms with E-state index >= 15 is 0 Å². The van der Waals surface area contributed by atoms with Gasteiger partial charge >= 0.3 is 0 Å². The van der Waals surface area contributed by atoms with Gasteiger partial charge in [-0.3, -0.25) is 0 Å². The molecule has 92 valence electrons. The molecule has 1 aromatic carbocycles. The number of hydrogen-bond donors (Lipinski definition) is 1. The first-order valence-electron chi connectivity index (χ1n) is 6.04. The molecule has 2 rings (SSSR count). The molecule has 0 spiro atoms. The Morgan fingerprint density at radius 1 is 1.41 bits per heavy atom. The van der Waals surface area contributed by atoms with Crippen LogP contribution in [0.4, 0.5) is 0 Å². The quantitative estimate of drug-likeness (QED) is 0.794.